The normalized spacial score (nSPS) is 15.1. The van der Waals surface area contributed by atoms with E-state index < -0.39 is 32.6 Å². The van der Waals surface area contributed by atoms with Crippen molar-refractivity contribution in [3.8, 4) is 0 Å². The number of carbonyl (C=O) groups is 1. The molecule has 0 amide bonds. The fourth-order valence-corrected chi connectivity index (χ4v) is 1.69. The third kappa shape index (κ3) is 6.94. The van der Waals surface area contributed by atoms with Crippen molar-refractivity contribution in [2.75, 3.05) is 0 Å². The minimum Gasteiger partial charge on any atom is -0.460 e. The maximum atomic E-state index is 12.0. The van der Waals surface area contributed by atoms with E-state index in [4.69, 9.17) is 4.74 Å². The molecule has 14 heavy (non-hydrogen) atoms. The van der Waals surface area contributed by atoms with Gasteiger partial charge >= 0.3 is 15.0 Å². The van der Waals surface area contributed by atoms with Crippen LogP contribution in [0, 0.1) is 5.92 Å². The van der Waals surface area contributed by atoms with Gasteiger partial charge in [0, 0.05) is 6.04 Å². The van der Waals surface area contributed by atoms with Crippen molar-refractivity contribution in [3.63, 3.8) is 0 Å². The Hall–Kier alpha value is -0.523. The van der Waals surface area contributed by atoms with Crippen LogP contribution in [0.1, 0.15) is 27.7 Å². The molecule has 0 aromatic carbocycles. The molecule has 0 radical (unpaired) electrons. The first-order valence-corrected chi connectivity index (χ1v) is 6.15. The summed E-state index contributed by atoms with van der Waals surface area (Å²) in [6.07, 6.45) is 0. The van der Waals surface area contributed by atoms with Crippen LogP contribution in [0.5, 0.6) is 0 Å². The average molecular weight is 228 g/mol. The van der Waals surface area contributed by atoms with Crippen molar-refractivity contribution < 1.29 is 21.9 Å². The van der Waals surface area contributed by atoms with Crippen LogP contribution in [0.3, 0.4) is 0 Å². The van der Waals surface area contributed by atoms with Crippen LogP contribution >= 0.6 is 0 Å². The van der Waals surface area contributed by atoms with E-state index in [-0.39, 0.29) is 0 Å². The van der Waals surface area contributed by atoms with Gasteiger partial charge in [0.25, 0.3) is 0 Å². The number of halogens is 3. The van der Waals surface area contributed by atoms with E-state index in [1.807, 2.05) is 0 Å². The Morgan fingerprint density at radius 1 is 1.36 bits per heavy atom. The molecule has 0 aliphatic rings. The summed E-state index contributed by atoms with van der Waals surface area (Å²) in [4.78, 5) is 11.1. The minimum absolute atomic E-state index is 0.724. The Bertz CT molecular complexity index is 208. The highest BCUT2D eigenvalue weighted by Gasteiger charge is 2.41. The molecular weight excluding hydrogens is 213 g/mol. The molecule has 0 spiro atoms. The van der Waals surface area contributed by atoms with Crippen LogP contribution < -0.4 is 0 Å². The van der Waals surface area contributed by atoms with E-state index in [0.29, 0.717) is 0 Å². The number of hydrogen-bond acceptors (Lipinski definition) is 2. The predicted molar refractivity (Wildman–Crippen MR) is 48.9 cm³/mol. The summed E-state index contributed by atoms with van der Waals surface area (Å²) < 4.78 is 40.9. The monoisotopic (exact) mass is 228 g/mol. The number of rotatable bonds is 3. The Balaban J connectivity index is 4.15. The first-order valence-electron chi connectivity index (χ1n) is 4.31. The SMILES string of the molecule is CC(C[Si](F)(F)F)C(=O)OC(C)(C)C. The summed E-state index contributed by atoms with van der Waals surface area (Å²) in [7, 11) is -5.66. The van der Waals surface area contributed by atoms with E-state index in [2.05, 4.69) is 0 Å². The van der Waals surface area contributed by atoms with Crippen molar-refractivity contribution in [1.29, 1.82) is 0 Å². The van der Waals surface area contributed by atoms with Gasteiger partial charge in [-0.3, -0.25) is 4.79 Å². The summed E-state index contributed by atoms with van der Waals surface area (Å²) in [6.45, 7) is 6.13. The molecule has 6 heteroatoms. The summed E-state index contributed by atoms with van der Waals surface area (Å²) >= 11 is 0. The molecular formula is C8H15F3O2Si. The van der Waals surface area contributed by atoms with E-state index in [1.54, 1.807) is 20.8 Å². The van der Waals surface area contributed by atoms with E-state index in [9.17, 15) is 17.1 Å². The molecule has 0 N–H and O–H groups in total. The molecule has 1 atom stereocenters. The third-order valence-corrected chi connectivity index (χ3v) is 2.42. The Kier molecular flexibility index (Phi) is 4.17. The highest BCUT2D eigenvalue weighted by Crippen LogP contribution is 2.23. The highest BCUT2D eigenvalue weighted by molar-refractivity contribution is 6.58. The zero-order chi connectivity index (χ0) is 11.6. The number of ether oxygens (including phenoxy) is 1. The highest BCUT2D eigenvalue weighted by atomic mass is 28.5. The van der Waals surface area contributed by atoms with Gasteiger partial charge in [0.05, 0.1) is 5.92 Å². The van der Waals surface area contributed by atoms with E-state index in [0.717, 1.165) is 0 Å². The van der Waals surface area contributed by atoms with Crippen LogP contribution in [-0.4, -0.2) is 20.6 Å². The van der Waals surface area contributed by atoms with Crippen molar-refractivity contribution >= 4 is 15.0 Å². The van der Waals surface area contributed by atoms with Gasteiger partial charge < -0.3 is 4.74 Å². The lowest BCUT2D eigenvalue weighted by molar-refractivity contribution is -0.158. The number of hydrogen-bond donors (Lipinski definition) is 0. The first-order chi connectivity index (χ1) is 6.01. The fourth-order valence-electron chi connectivity index (χ4n) is 0.833. The fraction of sp³-hybridized carbons (Fsp3) is 0.875. The minimum atomic E-state index is -5.66. The van der Waals surface area contributed by atoms with E-state index in [1.165, 1.54) is 6.92 Å². The Morgan fingerprint density at radius 2 is 1.79 bits per heavy atom. The number of carbonyl (C=O) groups excluding carboxylic acids is 1. The molecule has 84 valence electrons. The molecule has 0 aromatic heterocycles. The lowest BCUT2D eigenvalue weighted by atomic mass is 10.1. The van der Waals surface area contributed by atoms with E-state index >= 15 is 0 Å². The Labute approximate surface area is 83.0 Å². The zero-order valence-electron chi connectivity index (χ0n) is 8.73. The maximum Gasteiger partial charge on any atom is 0.616 e. The van der Waals surface area contributed by atoms with Crippen LogP contribution in [0.4, 0.5) is 12.3 Å². The molecule has 0 saturated carbocycles. The molecule has 0 rings (SSSR count). The van der Waals surface area contributed by atoms with Crippen LogP contribution in [-0.2, 0) is 9.53 Å². The van der Waals surface area contributed by atoms with Crippen molar-refractivity contribution in [3.05, 3.63) is 0 Å². The summed E-state index contributed by atoms with van der Waals surface area (Å²) in [6, 6.07) is -0.998. The second-order valence-electron chi connectivity index (χ2n) is 4.25. The smallest absolute Gasteiger partial charge is 0.460 e. The molecule has 0 aliphatic heterocycles. The lowest BCUT2D eigenvalue weighted by Crippen LogP contribution is -2.30. The molecule has 0 fully saturated rings. The first kappa shape index (κ1) is 13.5. The molecule has 0 aromatic rings. The zero-order valence-corrected chi connectivity index (χ0v) is 9.73. The van der Waals surface area contributed by atoms with Gasteiger partial charge in [0.2, 0.25) is 0 Å². The van der Waals surface area contributed by atoms with Crippen molar-refractivity contribution in [2.45, 2.75) is 39.3 Å². The molecule has 0 saturated heterocycles. The van der Waals surface area contributed by atoms with Gasteiger partial charge in [-0.1, -0.05) is 6.92 Å². The Morgan fingerprint density at radius 3 is 2.07 bits per heavy atom. The quantitative estimate of drug-likeness (QED) is 0.422. The molecule has 0 bridgehead atoms. The van der Waals surface area contributed by atoms with Crippen molar-refractivity contribution in [2.24, 2.45) is 5.92 Å². The summed E-state index contributed by atoms with van der Waals surface area (Å²) in [5.41, 5.74) is -0.724. The van der Waals surface area contributed by atoms with Gasteiger partial charge in [0.1, 0.15) is 5.60 Å². The summed E-state index contributed by atoms with van der Waals surface area (Å²) in [5, 5.41) is 0. The predicted octanol–water partition coefficient (Wildman–Crippen LogP) is 2.81. The van der Waals surface area contributed by atoms with Crippen LogP contribution in [0.15, 0.2) is 0 Å². The second-order valence-corrected chi connectivity index (χ2v) is 5.89. The lowest BCUT2D eigenvalue weighted by Gasteiger charge is -2.22. The van der Waals surface area contributed by atoms with Gasteiger partial charge in [-0.2, -0.15) is 0 Å². The van der Waals surface area contributed by atoms with Gasteiger partial charge in [-0.05, 0) is 20.8 Å². The second kappa shape index (κ2) is 4.33. The standard InChI is InChI=1S/C8H15F3O2Si/c1-6(5-14(9,10)11)7(12)13-8(2,3)4/h6H,5H2,1-4H3. The summed E-state index contributed by atoms with van der Waals surface area (Å²) in [5.74, 6) is -1.86. The third-order valence-electron chi connectivity index (χ3n) is 1.35. The largest absolute Gasteiger partial charge is 0.616 e. The molecule has 0 aliphatic carbocycles. The molecule has 0 heterocycles. The number of esters is 1. The average Bonchev–Trinajstić information content (AvgIpc) is 1.78. The topological polar surface area (TPSA) is 26.3 Å². The maximum absolute atomic E-state index is 12.0. The van der Waals surface area contributed by atoms with Gasteiger partial charge in [-0.15, -0.1) is 0 Å². The van der Waals surface area contributed by atoms with Crippen LogP contribution in [0.25, 0.3) is 0 Å². The van der Waals surface area contributed by atoms with Crippen LogP contribution in [0.2, 0.25) is 6.04 Å². The van der Waals surface area contributed by atoms with Crippen molar-refractivity contribution in [1.82, 2.24) is 0 Å². The van der Waals surface area contributed by atoms with Gasteiger partial charge in [0.15, 0.2) is 0 Å². The van der Waals surface area contributed by atoms with Gasteiger partial charge in [-0.25, -0.2) is 12.3 Å². The molecule has 1 unspecified atom stereocenters. The molecule has 2 nitrogen and oxygen atoms in total.